The number of carbonyl (C=O) groups is 1. The van der Waals surface area contributed by atoms with Crippen molar-refractivity contribution in [2.45, 2.75) is 11.8 Å². The first-order valence-corrected chi connectivity index (χ1v) is 7.56. The van der Waals surface area contributed by atoms with E-state index in [0.29, 0.717) is 11.4 Å². The number of hydrogen-bond donors (Lipinski definition) is 3. The molecule has 0 fully saturated rings. The molecule has 0 radical (unpaired) electrons. The molecular formula is C14H14N2O4S. The summed E-state index contributed by atoms with van der Waals surface area (Å²) < 4.78 is 22.6. The summed E-state index contributed by atoms with van der Waals surface area (Å²) in [5.41, 5.74) is 1.90. The lowest BCUT2D eigenvalue weighted by atomic mass is 10.1. The Kier molecular flexibility index (Phi) is 3.97. The third-order valence-electron chi connectivity index (χ3n) is 2.88. The highest BCUT2D eigenvalue weighted by Gasteiger charge is 2.16. The van der Waals surface area contributed by atoms with Gasteiger partial charge in [-0.1, -0.05) is 17.7 Å². The van der Waals surface area contributed by atoms with Crippen LogP contribution in [0.1, 0.15) is 15.9 Å². The van der Waals surface area contributed by atoms with Crippen LogP contribution in [0.3, 0.4) is 0 Å². The molecule has 0 aliphatic heterocycles. The maximum absolute atomic E-state index is 11.3. The molecule has 0 aliphatic rings. The number of nitrogens with one attached hydrogen (secondary N) is 1. The molecule has 21 heavy (non-hydrogen) atoms. The van der Waals surface area contributed by atoms with Crippen molar-refractivity contribution in [1.29, 1.82) is 0 Å². The van der Waals surface area contributed by atoms with E-state index in [4.69, 9.17) is 5.14 Å². The normalized spacial score (nSPS) is 11.1. The molecule has 0 unspecified atom stereocenters. The largest absolute Gasteiger partial charge is 0.478 e. The maximum atomic E-state index is 11.3. The zero-order valence-electron chi connectivity index (χ0n) is 11.2. The van der Waals surface area contributed by atoms with Gasteiger partial charge < -0.3 is 10.4 Å². The van der Waals surface area contributed by atoms with Crippen molar-refractivity contribution in [3.8, 4) is 0 Å². The van der Waals surface area contributed by atoms with E-state index in [1.807, 2.05) is 19.1 Å². The summed E-state index contributed by atoms with van der Waals surface area (Å²) in [5, 5.41) is 17.1. The Balaban J connectivity index is 2.44. The van der Waals surface area contributed by atoms with Crippen molar-refractivity contribution >= 4 is 27.4 Å². The molecule has 4 N–H and O–H groups in total. The molecule has 2 rings (SSSR count). The number of aryl methyl sites for hydroxylation is 1. The van der Waals surface area contributed by atoms with Gasteiger partial charge in [-0.05, 0) is 37.3 Å². The summed E-state index contributed by atoms with van der Waals surface area (Å²) in [6.45, 7) is 1.94. The second-order valence-electron chi connectivity index (χ2n) is 4.55. The van der Waals surface area contributed by atoms with Crippen molar-refractivity contribution < 1.29 is 18.3 Å². The monoisotopic (exact) mass is 306 g/mol. The predicted octanol–water partition coefficient (Wildman–Crippen LogP) is 2.08. The van der Waals surface area contributed by atoms with Crippen molar-refractivity contribution in [3.63, 3.8) is 0 Å². The molecule has 110 valence electrons. The Morgan fingerprint density at radius 3 is 2.29 bits per heavy atom. The second-order valence-corrected chi connectivity index (χ2v) is 6.11. The molecule has 0 saturated heterocycles. The van der Waals surface area contributed by atoms with Gasteiger partial charge in [-0.3, -0.25) is 0 Å². The second kappa shape index (κ2) is 5.55. The molecule has 2 aromatic rings. The molecule has 0 spiro atoms. The first kappa shape index (κ1) is 15.0. The van der Waals surface area contributed by atoms with Gasteiger partial charge in [-0.2, -0.15) is 0 Å². The highest BCUT2D eigenvalue weighted by molar-refractivity contribution is 7.89. The van der Waals surface area contributed by atoms with Crippen molar-refractivity contribution in [1.82, 2.24) is 0 Å². The van der Waals surface area contributed by atoms with Crippen LogP contribution in [-0.2, 0) is 10.0 Å². The molecule has 0 bridgehead atoms. The van der Waals surface area contributed by atoms with Gasteiger partial charge in [0.1, 0.15) is 0 Å². The Labute approximate surface area is 122 Å². The van der Waals surface area contributed by atoms with Crippen LogP contribution in [0, 0.1) is 6.92 Å². The first-order valence-electron chi connectivity index (χ1n) is 6.01. The number of hydrogen-bond acceptors (Lipinski definition) is 4. The number of aromatic carboxylic acids is 1. The molecular weight excluding hydrogens is 292 g/mol. The number of benzene rings is 2. The fourth-order valence-electron chi connectivity index (χ4n) is 1.78. The summed E-state index contributed by atoms with van der Waals surface area (Å²) in [5.74, 6) is -1.24. The number of nitrogens with two attached hydrogens (primary N) is 1. The SMILES string of the molecule is Cc1ccc(Nc2ccc(S(N)(=O)=O)cc2C(=O)O)cc1. The zero-order valence-corrected chi connectivity index (χ0v) is 12.0. The minimum Gasteiger partial charge on any atom is -0.478 e. The van der Waals surface area contributed by atoms with Crippen LogP contribution >= 0.6 is 0 Å². The van der Waals surface area contributed by atoms with Gasteiger partial charge in [0.05, 0.1) is 16.1 Å². The van der Waals surface area contributed by atoms with Crippen molar-refractivity contribution in [3.05, 3.63) is 53.6 Å². The van der Waals surface area contributed by atoms with E-state index in [-0.39, 0.29) is 10.5 Å². The first-order chi connectivity index (χ1) is 9.77. The highest BCUT2D eigenvalue weighted by Crippen LogP contribution is 2.24. The van der Waals surface area contributed by atoms with Crippen LogP contribution in [0.5, 0.6) is 0 Å². The van der Waals surface area contributed by atoms with E-state index in [2.05, 4.69) is 5.32 Å². The Bertz CT molecular complexity index is 783. The molecule has 2 aromatic carbocycles. The average molecular weight is 306 g/mol. The number of anilines is 2. The fraction of sp³-hybridized carbons (Fsp3) is 0.0714. The predicted molar refractivity (Wildman–Crippen MR) is 79.2 cm³/mol. The summed E-state index contributed by atoms with van der Waals surface area (Å²) >= 11 is 0. The van der Waals surface area contributed by atoms with Crippen molar-refractivity contribution in [2.75, 3.05) is 5.32 Å². The number of carboxylic acids is 1. The number of carboxylic acid groups (broad SMARTS) is 1. The molecule has 0 aromatic heterocycles. The maximum Gasteiger partial charge on any atom is 0.337 e. The molecule has 0 aliphatic carbocycles. The quantitative estimate of drug-likeness (QED) is 0.801. The van der Waals surface area contributed by atoms with Gasteiger partial charge in [0, 0.05) is 5.69 Å². The van der Waals surface area contributed by atoms with E-state index >= 15 is 0 Å². The van der Waals surface area contributed by atoms with Crippen LogP contribution in [0.25, 0.3) is 0 Å². The fourth-order valence-corrected chi connectivity index (χ4v) is 2.32. The Morgan fingerprint density at radius 1 is 1.14 bits per heavy atom. The molecule has 0 amide bonds. The van der Waals surface area contributed by atoms with E-state index in [1.54, 1.807) is 12.1 Å². The van der Waals surface area contributed by atoms with E-state index in [0.717, 1.165) is 11.6 Å². The van der Waals surface area contributed by atoms with Gasteiger partial charge >= 0.3 is 5.97 Å². The molecule has 6 nitrogen and oxygen atoms in total. The van der Waals surface area contributed by atoms with Crippen LogP contribution in [0.4, 0.5) is 11.4 Å². The number of primary sulfonamides is 1. The summed E-state index contributed by atoms with van der Waals surface area (Å²) in [4.78, 5) is 11.0. The van der Waals surface area contributed by atoms with Gasteiger partial charge in [-0.15, -0.1) is 0 Å². The third-order valence-corrected chi connectivity index (χ3v) is 3.79. The summed E-state index contributed by atoms with van der Waals surface area (Å²) in [7, 11) is -3.95. The highest BCUT2D eigenvalue weighted by atomic mass is 32.2. The van der Waals surface area contributed by atoms with Crippen molar-refractivity contribution in [2.24, 2.45) is 5.14 Å². The summed E-state index contributed by atoms with van der Waals surface area (Å²) in [6, 6.07) is 11.0. The van der Waals surface area contributed by atoms with E-state index in [1.165, 1.54) is 12.1 Å². The topological polar surface area (TPSA) is 109 Å². The van der Waals surface area contributed by atoms with E-state index in [9.17, 15) is 18.3 Å². The number of sulfonamides is 1. The van der Waals surface area contributed by atoms with E-state index < -0.39 is 16.0 Å². The average Bonchev–Trinajstić information content (AvgIpc) is 2.40. The minimum absolute atomic E-state index is 0.165. The standard InChI is InChI=1S/C14H14N2O4S/c1-9-2-4-10(5-3-9)16-13-7-6-11(21(15,19)20)8-12(13)14(17)18/h2-8,16H,1H3,(H,17,18)(H2,15,19,20). The molecule has 0 heterocycles. The smallest absolute Gasteiger partial charge is 0.337 e. The van der Waals surface area contributed by atoms with Crippen LogP contribution in [-0.4, -0.2) is 19.5 Å². The van der Waals surface area contributed by atoms with Gasteiger partial charge in [0.15, 0.2) is 0 Å². The zero-order chi connectivity index (χ0) is 15.6. The Morgan fingerprint density at radius 2 is 1.76 bits per heavy atom. The third kappa shape index (κ3) is 3.59. The molecule has 0 atom stereocenters. The molecule has 7 heteroatoms. The lowest BCUT2D eigenvalue weighted by Crippen LogP contribution is -2.13. The van der Waals surface area contributed by atoms with Gasteiger partial charge in [0.2, 0.25) is 10.0 Å². The summed E-state index contributed by atoms with van der Waals surface area (Å²) in [6.07, 6.45) is 0. The van der Waals surface area contributed by atoms with Crippen LogP contribution < -0.4 is 10.5 Å². The number of rotatable bonds is 4. The van der Waals surface area contributed by atoms with Gasteiger partial charge in [0.25, 0.3) is 0 Å². The lowest BCUT2D eigenvalue weighted by molar-refractivity contribution is 0.0697. The minimum atomic E-state index is -3.95. The van der Waals surface area contributed by atoms with Crippen LogP contribution in [0.2, 0.25) is 0 Å². The lowest BCUT2D eigenvalue weighted by Gasteiger charge is -2.11. The Hall–Kier alpha value is -2.38. The van der Waals surface area contributed by atoms with Crippen LogP contribution in [0.15, 0.2) is 47.4 Å². The van der Waals surface area contributed by atoms with Gasteiger partial charge in [-0.25, -0.2) is 18.4 Å². The molecule has 0 saturated carbocycles.